The van der Waals surface area contributed by atoms with E-state index in [-0.39, 0.29) is 11.6 Å². The molecule has 1 N–H and O–H groups in total. The van der Waals surface area contributed by atoms with Crippen molar-refractivity contribution in [2.24, 2.45) is 0 Å². The van der Waals surface area contributed by atoms with Gasteiger partial charge in [0, 0.05) is 5.69 Å². The fraction of sp³-hybridized carbons (Fsp3) is 0.333. The number of benzene rings is 1. The average molecular weight is 302 g/mol. The third-order valence-electron chi connectivity index (χ3n) is 3.46. The van der Waals surface area contributed by atoms with E-state index in [0.717, 1.165) is 23.0 Å². The summed E-state index contributed by atoms with van der Waals surface area (Å²) in [5.74, 6) is -0.241. The summed E-state index contributed by atoms with van der Waals surface area (Å²) in [6, 6.07) is 5.21. The molecule has 7 nitrogen and oxygen atoms in total. The highest BCUT2D eigenvalue weighted by molar-refractivity contribution is 5.94. The van der Waals surface area contributed by atoms with Gasteiger partial charge in [-0.2, -0.15) is 5.10 Å². The number of carbonyl (C=O) groups is 1. The van der Waals surface area contributed by atoms with Crippen LogP contribution in [0.5, 0.6) is 0 Å². The Bertz CT molecular complexity index is 709. The molecule has 0 saturated carbocycles. The predicted molar refractivity (Wildman–Crippen MR) is 82.8 cm³/mol. The number of nitrogens with zero attached hydrogens (tertiary/aromatic N) is 3. The average Bonchev–Trinajstić information content (AvgIpc) is 2.93. The van der Waals surface area contributed by atoms with E-state index in [2.05, 4.69) is 10.4 Å². The van der Waals surface area contributed by atoms with E-state index in [0.29, 0.717) is 6.42 Å². The normalized spacial score (nSPS) is 12.0. The van der Waals surface area contributed by atoms with Gasteiger partial charge in [-0.3, -0.25) is 19.6 Å². The predicted octanol–water partition coefficient (Wildman–Crippen LogP) is 3.00. The Hall–Kier alpha value is -2.70. The molecule has 1 atom stereocenters. The maximum atomic E-state index is 12.4. The Balaban J connectivity index is 2.21. The van der Waals surface area contributed by atoms with Crippen molar-refractivity contribution in [1.29, 1.82) is 0 Å². The summed E-state index contributed by atoms with van der Waals surface area (Å²) in [6.45, 7) is 5.69. The van der Waals surface area contributed by atoms with Gasteiger partial charge in [0.25, 0.3) is 0 Å². The molecule has 2 aromatic rings. The highest BCUT2D eigenvalue weighted by Crippen LogP contribution is 2.21. The van der Waals surface area contributed by atoms with Crippen molar-refractivity contribution in [2.45, 2.75) is 33.2 Å². The van der Waals surface area contributed by atoms with Crippen LogP contribution in [0.1, 0.15) is 30.5 Å². The first kappa shape index (κ1) is 15.7. The maximum absolute atomic E-state index is 12.4. The molecule has 0 saturated heterocycles. The van der Waals surface area contributed by atoms with Crippen LogP contribution in [0.2, 0.25) is 0 Å². The van der Waals surface area contributed by atoms with Gasteiger partial charge >= 0.3 is 5.69 Å². The zero-order chi connectivity index (χ0) is 16.3. The molecule has 1 heterocycles. The minimum absolute atomic E-state index is 0.127. The number of rotatable bonds is 5. The standard InChI is InChI=1S/C15H18N4O3/c1-4-14(18-9-12(8-16-18)19(21)22)15(20)17-13-7-10(2)5-6-11(13)3/h5-9,14H,4H2,1-3H3,(H,17,20). The van der Waals surface area contributed by atoms with Crippen LogP contribution in [0.25, 0.3) is 0 Å². The van der Waals surface area contributed by atoms with E-state index in [1.807, 2.05) is 39.0 Å². The molecular formula is C15H18N4O3. The van der Waals surface area contributed by atoms with Crippen LogP contribution in [-0.4, -0.2) is 20.6 Å². The van der Waals surface area contributed by atoms with Crippen LogP contribution in [0.3, 0.4) is 0 Å². The SMILES string of the molecule is CCC(C(=O)Nc1cc(C)ccc1C)n1cc([N+](=O)[O-])cn1. The second kappa shape index (κ2) is 6.38. The Morgan fingerprint density at radius 1 is 1.45 bits per heavy atom. The van der Waals surface area contributed by atoms with Crippen LogP contribution in [0.15, 0.2) is 30.6 Å². The fourth-order valence-corrected chi connectivity index (χ4v) is 2.17. The molecular weight excluding hydrogens is 284 g/mol. The topological polar surface area (TPSA) is 90.1 Å². The molecule has 0 aliphatic carbocycles. The molecule has 1 unspecified atom stereocenters. The number of nitro groups is 1. The number of aryl methyl sites for hydroxylation is 2. The van der Waals surface area contributed by atoms with Crippen molar-refractivity contribution in [2.75, 3.05) is 5.32 Å². The van der Waals surface area contributed by atoms with Gasteiger partial charge in [-0.15, -0.1) is 0 Å². The third kappa shape index (κ3) is 3.30. The van der Waals surface area contributed by atoms with Gasteiger partial charge in [-0.05, 0) is 37.5 Å². The van der Waals surface area contributed by atoms with Crippen molar-refractivity contribution in [3.05, 3.63) is 51.8 Å². The summed E-state index contributed by atoms with van der Waals surface area (Å²) in [5.41, 5.74) is 2.62. The van der Waals surface area contributed by atoms with Gasteiger partial charge in [-0.25, -0.2) is 0 Å². The molecule has 22 heavy (non-hydrogen) atoms. The monoisotopic (exact) mass is 302 g/mol. The molecule has 0 aliphatic heterocycles. The molecule has 2 rings (SSSR count). The van der Waals surface area contributed by atoms with Crippen molar-refractivity contribution >= 4 is 17.3 Å². The Labute approximate surface area is 128 Å². The lowest BCUT2D eigenvalue weighted by atomic mass is 10.1. The zero-order valence-electron chi connectivity index (χ0n) is 12.7. The van der Waals surface area contributed by atoms with E-state index in [1.54, 1.807) is 0 Å². The molecule has 1 aromatic carbocycles. The van der Waals surface area contributed by atoms with Gasteiger partial charge in [0.2, 0.25) is 5.91 Å². The fourth-order valence-electron chi connectivity index (χ4n) is 2.17. The number of hydrogen-bond donors (Lipinski definition) is 1. The van der Waals surface area contributed by atoms with Crippen LogP contribution in [0, 0.1) is 24.0 Å². The molecule has 0 fully saturated rings. The van der Waals surface area contributed by atoms with Crippen molar-refractivity contribution < 1.29 is 9.72 Å². The number of aromatic nitrogens is 2. The number of nitrogens with one attached hydrogen (secondary N) is 1. The molecule has 0 bridgehead atoms. The van der Waals surface area contributed by atoms with E-state index >= 15 is 0 Å². The highest BCUT2D eigenvalue weighted by Gasteiger charge is 2.22. The number of amides is 1. The Morgan fingerprint density at radius 2 is 2.18 bits per heavy atom. The zero-order valence-corrected chi connectivity index (χ0v) is 12.7. The van der Waals surface area contributed by atoms with E-state index in [4.69, 9.17) is 0 Å². The molecule has 7 heteroatoms. The first-order valence-electron chi connectivity index (χ1n) is 6.99. The summed E-state index contributed by atoms with van der Waals surface area (Å²) in [5, 5.41) is 17.5. The number of hydrogen-bond acceptors (Lipinski definition) is 4. The van der Waals surface area contributed by atoms with Crippen LogP contribution >= 0.6 is 0 Å². The van der Waals surface area contributed by atoms with Crippen LogP contribution in [-0.2, 0) is 4.79 Å². The second-order valence-corrected chi connectivity index (χ2v) is 5.17. The molecule has 0 spiro atoms. The first-order valence-corrected chi connectivity index (χ1v) is 6.99. The van der Waals surface area contributed by atoms with E-state index < -0.39 is 11.0 Å². The van der Waals surface area contributed by atoms with Gasteiger partial charge in [0.15, 0.2) is 0 Å². The number of carbonyl (C=O) groups excluding carboxylic acids is 1. The number of anilines is 1. The van der Waals surface area contributed by atoms with Crippen LogP contribution < -0.4 is 5.32 Å². The Kier molecular flexibility index (Phi) is 4.55. The lowest BCUT2D eigenvalue weighted by molar-refractivity contribution is -0.385. The summed E-state index contributed by atoms with van der Waals surface area (Å²) in [6.07, 6.45) is 2.90. The van der Waals surface area contributed by atoms with Crippen molar-refractivity contribution in [1.82, 2.24) is 9.78 Å². The van der Waals surface area contributed by atoms with Crippen molar-refractivity contribution in [3.63, 3.8) is 0 Å². The maximum Gasteiger partial charge on any atom is 0.307 e. The minimum atomic E-state index is -0.589. The summed E-state index contributed by atoms with van der Waals surface area (Å²) >= 11 is 0. The first-order chi connectivity index (χ1) is 10.4. The minimum Gasteiger partial charge on any atom is -0.324 e. The van der Waals surface area contributed by atoms with Gasteiger partial charge in [0.05, 0.1) is 4.92 Å². The van der Waals surface area contributed by atoms with Gasteiger partial charge in [-0.1, -0.05) is 19.1 Å². The second-order valence-electron chi connectivity index (χ2n) is 5.17. The summed E-state index contributed by atoms with van der Waals surface area (Å²) in [7, 11) is 0. The molecule has 1 amide bonds. The van der Waals surface area contributed by atoms with Crippen LogP contribution in [0.4, 0.5) is 11.4 Å². The molecule has 0 radical (unpaired) electrons. The van der Waals surface area contributed by atoms with Crippen molar-refractivity contribution in [3.8, 4) is 0 Å². The summed E-state index contributed by atoms with van der Waals surface area (Å²) in [4.78, 5) is 22.6. The smallest absolute Gasteiger partial charge is 0.307 e. The largest absolute Gasteiger partial charge is 0.324 e. The Morgan fingerprint density at radius 3 is 2.77 bits per heavy atom. The lowest BCUT2D eigenvalue weighted by Gasteiger charge is -2.16. The van der Waals surface area contributed by atoms with Gasteiger partial charge < -0.3 is 5.32 Å². The third-order valence-corrected chi connectivity index (χ3v) is 3.46. The van der Waals surface area contributed by atoms with E-state index in [9.17, 15) is 14.9 Å². The lowest BCUT2D eigenvalue weighted by Crippen LogP contribution is -2.26. The molecule has 116 valence electrons. The molecule has 1 aromatic heterocycles. The van der Waals surface area contributed by atoms with Gasteiger partial charge in [0.1, 0.15) is 18.4 Å². The van der Waals surface area contributed by atoms with E-state index in [1.165, 1.54) is 10.9 Å². The molecule has 0 aliphatic rings. The highest BCUT2D eigenvalue weighted by atomic mass is 16.6. The quantitative estimate of drug-likeness (QED) is 0.679. The summed E-state index contributed by atoms with van der Waals surface area (Å²) < 4.78 is 1.33.